The van der Waals surface area contributed by atoms with Gasteiger partial charge in [0.25, 0.3) is 0 Å². The van der Waals surface area contributed by atoms with Gasteiger partial charge in [0.1, 0.15) is 12.1 Å². The molecule has 0 radical (unpaired) electrons. The molecule has 14 heavy (non-hydrogen) atoms. The summed E-state index contributed by atoms with van der Waals surface area (Å²) in [7, 11) is 0. The number of aromatic hydroxyl groups is 1. The Labute approximate surface area is 80.8 Å². The van der Waals surface area contributed by atoms with E-state index in [0.717, 1.165) is 5.56 Å². The second kappa shape index (κ2) is 3.78. The standard InChI is InChI=1S/C9H10N4O/c14-8-3-1-7(2-4-8)5-10-9-11-6-12-13-9/h1-4,6,14H,5H2,(H2,10,11,12,13). The second-order valence-corrected chi connectivity index (χ2v) is 2.85. The van der Waals surface area contributed by atoms with Crippen LogP contribution in [-0.4, -0.2) is 20.3 Å². The Bertz CT molecular complexity index is 382. The predicted molar refractivity (Wildman–Crippen MR) is 51.8 cm³/mol. The van der Waals surface area contributed by atoms with Gasteiger partial charge in [0.2, 0.25) is 5.95 Å². The Morgan fingerprint density at radius 3 is 2.71 bits per heavy atom. The van der Waals surface area contributed by atoms with Crippen molar-refractivity contribution in [1.29, 1.82) is 0 Å². The highest BCUT2D eigenvalue weighted by Gasteiger charge is 1.95. The van der Waals surface area contributed by atoms with Crippen LogP contribution in [0.3, 0.4) is 0 Å². The molecule has 1 aromatic carbocycles. The van der Waals surface area contributed by atoms with Crippen LogP contribution in [0.1, 0.15) is 5.56 Å². The lowest BCUT2D eigenvalue weighted by atomic mass is 10.2. The quantitative estimate of drug-likeness (QED) is 0.678. The molecule has 0 atom stereocenters. The molecule has 5 nitrogen and oxygen atoms in total. The minimum Gasteiger partial charge on any atom is -0.508 e. The van der Waals surface area contributed by atoms with Crippen LogP contribution in [0.2, 0.25) is 0 Å². The van der Waals surface area contributed by atoms with Crippen LogP contribution < -0.4 is 5.32 Å². The van der Waals surface area contributed by atoms with E-state index < -0.39 is 0 Å². The second-order valence-electron chi connectivity index (χ2n) is 2.85. The highest BCUT2D eigenvalue weighted by molar-refractivity contribution is 5.29. The molecular formula is C9H10N4O. The number of rotatable bonds is 3. The highest BCUT2D eigenvalue weighted by Crippen LogP contribution is 2.10. The summed E-state index contributed by atoms with van der Waals surface area (Å²) in [5, 5.41) is 18.5. The molecule has 2 rings (SSSR count). The molecule has 0 aliphatic carbocycles. The summed E-state index contributed by atoms with van der Waals surface area (Å²) in [6.07, 6.45) is 1.44. The molecule has 0 fully saturated rings. The van der Waals surface area contributed by atoms with Gasteiger partial charge in [0, 0.05) is 6.54 Å². The van der Waals surface area contributed by atoms with Gasteiger partial charge >= 0.3 is 0 Å². The number of phenolic OH excluding ortho intramolecular Hbond substituents is 1. The predicted octanol–water partition coefficient (Wildman–Crippen LogP) is 1.12. The van der Waals surface area contributed by atoms with Crippen LogP contribution in [0, 0.1) is 0 Å². The molecule has 0 saturated heterocycles. The van der Waals surface area contributed by atoms with Gasteiger partial charge in [-0.3, -0.25) is 0 Å². The monoisotopic (exact) mass is 190 g/mol. The van der Waals surface area contributed by atoms with Gasteiger partial charge in [0.15, 0.2) is 0 Å². The normalized spacial score (nSPS) is 10.0. The van der Waals surface area contributed by atoms with Gasteiger partial charge < -0.3 is 10.4 Å². The highest BCUT2D eigenvalue weighted by atomic mass is 16.3. The smallest absolute Gasteiger partial charge is 0.218 e. The zero-order chi connectivity index (χ0) is 9.80. The molecule has 72 valence electrons. The third-order valence-electron chi connectivity index (χ3n) is 1.81. The van der Waals surface area contributed by atoms with E-state index >= 15 is 0 Å². The van der Waals surface area contributed by atoms with E-state index in [1.807, 2.05) is 12.1 Å². The Kier molecular flexibility index (Phi) is 2.31. The van der Waals surface area contributed by atoms with Gasteiger partial charge in [-0.2, -0.15) is 5.10 Å². The maximum Gasteiger partial charge on any atom is 0.218 e. The molecule has 0 aliphatic rings. The van der Waals surface area contributed by atoms with E-state index in [4.69, 9.17) is 5.11 Å². The molecule has 1 heterocycles. The van der Waals surface area contributed by atoms with E-state index in [9.17, 15) is 0 Å². The van der Waals surface area contributed by atoms with Crippen LogP contribution in [0.4, 0.5) is 5.95 Å². The molecule has 1 aromatic heterocycles. The summed E-state index contributed by atoms with van der Waals surface area (Å²) < 4.78 is 0. The number of H-pyrrole nitrogens is 1. The molecule has 0 saturated carbocycles. The summed E-state index contributed by atoms with van der Waals surface area (Å²) in [6, 6.07) is 6.99. The number of anilines is 1. The van der Waals surface area contributed by atoms with Crippen molar-refractivity contribution in [1.82, 2.24) is 15.2 Å². The van der Waals surface area contributed by atoms with E-state index in [0.29, 0.717) is 12.5 Å². The van der Waals surface area contributed by atoms with Gasteiger partial charge in [-0.05, 0) is 17.7 Å². The lowest BCUT2D eigenvalue weighted by Crippen LogP contribution is -2.00. The van der Waals surface area contributed by atoms with Crippen LogP contribution in [0.25, 0.3) is 0 Å². The first-order chi connectivity index (χ1) is 6.84. The number of nitrogens with zero attached hydrogens (tertiary/aromatic N) is 2. The summed E-state index contributed by atoms with van der Waals surface area (Å²) in [4.78, 5) is 3.92. The zero-order valence-electron chi connectivity index (χ0n) is 7.44. The van der Waals surface area contributed by atoms with Crippen LogP contribution in [0.5, 0.6) is 5.75 Å². The fourth-order valence-corrected chi connectivity index (χ4v) is 1.09. The van der Waals surface area contributed by atoms with E-state index in [1.54, 1.807) is 12.1 Å². The molecule has 0 amide bonds. The Morgan fingerprint density at radius 2 is 2.07 bits per heavy atom. The maximum atomic E-state index is 9.06. The molecule has 0 aliphatic heterocycles. The third-order valence-corrected chi connectivity index (χ3v) is 1.81. The molecule has 3 N–H and O–H groups in total. The number of nitrogens with one attached hydrogen (secondary N) is 2. The number of hydrogen-bond donors (Lipinski definition) is 3. The van der Waals surface area contributed by atoms with Crippen molar-refractivity contribution < 1.29 is 5.11 Å². The fourth-order valence-electron chi connectivity index (χ4n) is 1.09. The van der Waals surface area contributed by atoms with Crippen molar-refractivity contribution in [3.63, 3.8) is 0 Å². The van der Waals surface area contributed by atoms with Crippen molar-refractivity contribution in [3.05, 3.63) is 36.2 Å². The molecule has 5 heteroatoms. The number of benzene rings is 1. The number of phenols is 1. The molecule has 2 aromatic rings. The average molecular weight is 190 g/mol. The van der Waals surface area contributed by atoms with Gasteiger partial charge in [-0.15, -0.1) is 0 Å². The number of aromatic nitrogens is 3. The number of hydrogen-bond acceptors (Lipinski definition) is 4. The van der Waals surface area contributed by atoms with Crippen molar-refractivity contribution in [3.8, 4) is 5.75 Å². The Balaban J connectivity index is 1.95. The minimum atomic E-state index is 0.272. The Hall–Kier alpha value is -2.04. The topological polar surface area (TPSA) is 73.8 Å². The Morgan fingerprint density at radius 1 is 1.29 bits per heavy atom. The maximum absolute atomic E-state index is 9.06. The fraction of sp³-hybridized carbons (Fsp3) is 0.111. The third kappa shape index (κ3) is 2.01. The van der Waals surface area contributed by atoms with E-state index in [2.05, 4.69) is 20.5 Å². The first-order valence-corrected chi connectivity index (χ1v) is 4.22. The summed E-state index contributed by atoms with van der Waals surface area (Å²) in [6.45, 7) is 0.648. The van der Waals surface area contributed by atoms with Crippen molar-refractivity contribution >= 4 is 5.95 Å². The van der Waals surface area contributed by atoms with Crippen LogP contribution in [-0.2, 0) is 6.54 Å². The molecular weight excluding hydrogens is 180 g/mol. The largest absolute Gasteiger partial charge is 0.508 e. The summed E-state index contributed by atoms with van der Waals surface area (Å²) in [5.74, 6) is 0.909. The molecule has 0 unspecified atom stereocenters. The van der Waals surface area contributed by atoms with Crippen molar-refractivity contribution in [2.45, 2.75) is 6.54 Å². The first-order valence-electron chi connectivity index (χ1n) is 4.22. The number of aromatic amines is 1. The summed E-state index contributed by atoms with van der Waals surface area (Å²) in [5.41, 5.74) is 1.07. The van der Waals surface area contributed by atoms with Gasteiger partial charge in [-0.1, -0.05) is 12.1 Å². The molecule has 0 bridgehead atoms. The average Bonchev–Trinajstić information content (AvgIpc) is 2.70. The zero-order valence-corrected chi connectivity index (χ0v) is 7.44. The lowest BCUT2D eigenvalue weighted by molar-refractivity contribution is 0.475. The van der Waals surface area contributed by atoms with Crippen molar-refractivity contribution in [2.75, 3.05) is 5.32 Å². The van der Waals surface area contributed by atoms with Crippen molar-refractivity contribution in [2.24, 2.45) is 0 Å². The van der Waals surface area contributed by atoms with E-state index in [-0.39, 0.29) is 5.75 Å². The molecule has 0 spiro atoms. The summed E-state index contributed by atoms with van der Waals surface area (Å²) >= 11 is 0. The van der Waals surface area contributed by atoms with Gasteiger partial charge in [0.05, 0.1) is 0 Å². The minimum absolute atomic E-state index is 0.272. The van der Waals surface area contributed by atoms with E-state index in [1.165, 1.54) is 6.33 Å². The SMILES string of the molecule is Oc1ccc(CNc2ncn[nH]2)cc1. The van der Waals surface area contributed by atoms with Gasteiger partial charge in [-0.25, -0.2) is 10.1 Å². The van der Waals surface area contributed by atoms with Crippen LogP contribution >= 0.6 is 0 Å². The first kappa shape index (κ1) is 8.55. The van der Waals surface area contributed by atoms with Crippen LogP contribution in [0.15, 0.2) is 30.6 Å². The lowest BCUT2D eigenvalue weighted by Gasteiger charge is -2.02.